The lowest BCUT2D eigenvalue weighted by Gasteiger charge is -2.44. The Morgan fingerprint density at radius 2 is 0.695 bits per heavy atom. The quantitative estimate of drug-likeness (QED) is 0.140. The van der Waals surface area contributed by atoms with Crippen LogP contribution in [0, 0.1) is 55.4 Å². The summed E-state index contributed by atoms with van der Waals surface area (Å²) in [5.41, 5.74) is 32.0. The molecule has 0 N–H and O–H groups in total. The van der Waals surface area contributed by atoms with Gasteiger partial charge in [0.1, 0.15) is 0 Å². The normalized spacial score (nSPS) is 13.2. The zero-order chi connectivity index (χ0) is 55.7. The van der Waals surface area contributed by atoms with Crippen molar-refractivity contribution in [3.63, 3.8) is 0 Å². The van der Waals surface area contributed by atoms with E-state index in [1.807, 2.05) is 23.5 Å². The lowest BCUT2D eigenvalue weighted by Crippen LogP contribution is -2.64. The number of anilines is 12. The Hall–Kier alpha value is -8.55. The van der Waals surface area contributed by atoms with Gasteiger partial charge in [-0.05, 0) is 192 Å². The van der Waals surface area contributed by atoms with E-state index in [1.54, 1.807) is 0 Å². The van der Waals surface area contributed by atoms with Crippen molar-refractivity contribution in [2.75, 3.05) is 19.6 Å². The average molecular weight is 1090 g/mol. The molecule has 11 aromatic carbocycles. The van der Waals surface area contributed by atoms with Gasteiger partial charge in [-0.15, -0.1) is 0 Å². The summed E-state index contributed by atoms with van der Waals surface area (Å²) < 4.78 is 0. The van der Waals surface area contributed by atoms with Crippen LogP contribution in [0.2, 0.25) is 0 Å². The summed E-state index contributed by atoms with van der Waals surface area (Å²) in [6, 6.07) is 83.6. The second-order valence-corrected chi connectivity index (χ2v) is 25.3. The van der Waals surface area contributed by atoms with Crippen LogP contribution in [0.5, 0.6) is 0 Å². The lowest BCUT2D eigenvalue weighted by atomic mass is 9.31. The van der Waals surface area contributed by atoms with Crippen molar-refractivity contribution < 1.29 is 0 Å². The molecule has 4 aliphatic heterocycles. The van der Waals surface area contributed by atoms with Crippen LogP contribution in [0.1, 0.15) is 44.5 Å². The molecule has 82 heavy (non-hydrogen) atoms. The zero-order valence-electron chi connectivity index (χ0n) is 47.5. The summed E-state index contributed by atoms with van der Waals surface area (Å²) >= 11 is 3.86. The van der Waals surface area contributed by atoms with Crippen molar-refractivity contribution in [1.82, 2.24) is 0 Å². The highest BCUT2D eigenvalue weighted by atomic mass is 32.2. The Bertz CT molecular complexity index is 4300. The molecule has 0 aromatic heterocycles. The van der Waals surface area contributed by atoms with Crippen LogP contribution in [0.3, 0.4) is 0 Å². The molecule has 0 saturated carbocycles. The van der Waals surface area contributed by atoms with Gasteiger partial charge in [0.25, 0.3) is 0 Å². The molecular weight excluding hydrogens is 1030 g/mol. The van der Waals surface area contributed by atoms with Gasteiger partial charge in [-0.1, -0.05) is 183 Å². The average Bonchev–Trinajstić information content (AvgIpc) is 2.08. The Balaban J connectivity index is 1.01. The van der Waals surface area contributed by atoms with Gasteiger partial charge < -0.3 is 19.6 Å². The number of rotatable bonds is 8. The summed E-state index contributed by atoms with van der Waals surface area (Å²) in [5, 5.41) is 0. The molecule has 4 heterocycles. The number of aryl methyl sites for hydroxylation is 8. The van der Waals surface area contributed by atoms with Crippen LogP contribution in [0.15, 0.2) is 238 Å². The Kier molecular flexibility index (Phi) is 12.0. The number of hydrogen-bond donors (Lipinski definition) is 0. The van der Waals surface area contributed by atoms with Gasteiger partial charge in [0.15, 0.2) is 0 Å². The van der Waals surface area contributed by atoms with Crippen LogP contribution in [0.4, 0.5) is 68.2 Å². The molecule has 15 rings (SSSR count). The Morgan fingerprint density at radius 1 is 0.280 bits per heavy atom. The summed E-state index contributed by atoms with van der Waals surface area (Å²) in [6.07, 6.45) is 0. The number of benzene rings is 11. The van der Waals surface area contributed by atoms with E-state index < -0.39 is 0 Å². The first-order chi connectivity index (χ1) is 39.9. The van der Waals surface area contributed by atoms with E-state index in [0.717, 1.165) is 39.8 Å². The van der Waals surface area contributed by atoms with E-state index >= 15 is 0 Å². The fourth-order valence-electron chi connectivity index (χ4n) is 13.2. The predicted octanol–water partition coefficient (Wildman–Crippen LogP) is 16.6. The second kappa shape index (κ2) is 19.6. The summed E-state index contributed by atoms with van der Waals surface area (Å²) in [4.78, 5) is 15.2. The van der Waals surface area contributed by atoms with Gasteiger partial charge in [0.2, 0.25) is 13.4 Å². The molecule has 0 amide bonds. The van der Waals surface area contributed by atoms with Crippen molar-refractivity contribution >= 4 is 138 Å². The van der Waals surface area contributed by atoms with E-state index in [4.69, 9.17) is 0 Å². The van der Waals surface area contributed by atoms with Crippen LogP contribution in [-0.2, 0) is 0 Å². The highest BCUT2D eigenvalue weighted by Crippen LogP contribution is 2.51. The molecule has 4 aliphatic rings. The first-order valence-electron chi connectivity index (χ1n) is 28.6. The minimum Gasteiger partial charge on any atom is -0.311 e. The molecular formula is C74H60B2N4S2. The van der Waals surface area contributed by atoms with E-state index in [-0.39, 0.29) is 13.4 Å². The van der Waals surface area contributed by atoms with Crippen LogP contribution < -0.4 is 52.4 Å². The van der Waals surface area contributed by atoms with Crippen molar-refractivity contribution in [2.45, 2.75) is 75.0 Å². The number of fused-ring (bicyclic) bond motifs is 8. The largest absolute Gasteiger partial charge is 0.311 e. The predicted molar refractivity (Wildman–Crippen MR) is 354 cm³/mol. The molecule has 0 bridgehead atoms. The van der Waals surface area contributed by atoms with Gasteiger partial charge in [0, 0.05) is 87.8 Å². The van der Waals surface area contributed by atoms with E-state index in [1.165, 1.54) is 125 Å². The molecule has 394 valence electrons. The lowest BCUT2D eigenvalue weighted by molar-refractivity contribution is 1.20. The molecule has 0 radical (unpaired) electrons. The third kappa shape index (κ3) is 8.32. The minimum atomic E-state index is -0.0351. The van der Waals surface area contributed by atoms with Crippen molar-refractivity contribution in [3.8, 4) is 0 Å². The second-order valence-electron chi connectivity index (χ2n) is 23.2. The highest BCUT2D eigenvalue weighted by Gasteiger charge is 2.47. The van der Waals surface area contributed by atoms with Crippen molar-refractivity contribution in [1.29, 1.82) is 0 Å². The summed E-state index contributed by atoms with van der Waals surface area (Å²) in [5.74, 6) is 0. The molecule has 0 aliphatic carbocycles. The molecule has 0 saturated heterocycles. The monoisotopic (exact) mass is 1090 g/mol. The SMILES string of the molecule is Cc1ccc(N(c2ccc(C)cc2)c2cc3c4c(c2)N(c2ccc(C)cc2)c2ccc(C)cc2B4c2cc4c(cc2S3)N(c2ccccc2C)c2cc(N(c3ccc(C)cc3)c3ccc(C)cc3)cc3c2B4c2cc(C)ccc2S3)cc1. The van der Waals surface area contributed by atoms with Gasteiger partial charge in [-0.25, -0.2) is 0 Å². The van der Waals surface area contributed by atoms with Crippen LogP contribution >= 0.6 is 23.5 Å². The first kappa shape index (κ1) is 50.4. The standard InChI is InChI=1S/C74H60B2N4S2/c1-45-13-25-53(26-14-45)77(54-27-15-46(2)16-28-54)58-39-67-73-72(42-58)82-70-44-66-61(43-63(70)75(73)60-37-50(6)23-35-65(60)79(67)57-33-21-49(5)22-34-57)76-62-38-51(7)24-36-69(62)81-71-41-59(40-68(74(71)76)80(66)64-12-10-9-11-52(64)8)78(55-29-17-47(3)18-30-55)56-31-19-48(4)20-32-56/h9-44H,1-8H3. The topological polar surface area (TPSA) is 13.0 Å². The van der Waals surface area contributed by atoms with Crippen molar-refractivity contribution in [2.24, 2.45) is 0 Å². The van der Waals surface area contributed by atoms with E-state index in [9.17, 15) is 0 Å². The smallest absolute Gasteiger partial charge is 0.249 e. The molecule has 8 heteroatoms. The number of nitrogens with zero attached hydrogens (tertiary/aromatic N) is 4. The van der Waals surface area contributed by atoms with Crippen molar-refractivity contribution in [3.05, 3.63) is 263 Å². The first-order valence-corrected chi connectivity index (χ1v) is 30.2. The maximum Gasteiger partial charge on any atom is 0.249 e. The van der Waals surface area contributed by atoms with Gasteiger partial charge >= 0.3 is 0 Å². The van der Waals surface area contributed by atoms with Crippen LogP contribution in [0.25, 0.3) is 0 Å². The van der Waals surface area contributed by atoms with E-state index in [2.05, 4.69) is 293 Å². The minimum absolute atomic E-state index is 0.0154. The fourth-order valence-corrected chi connectivity index (χ4v) is 15.6. The molecule has 0 spiro atoms. The Labute approximate surface area is 492 Å². The summed E-state index contributed by atoms with van der Waals surface area (Å²) in [7, 11) is 0. The molecule has 0 unspecified atom stereocenters. The fraction of sp³-hybridized carbons (Fsp3) is 0.108. The number of hydrogen-bond acceptors (Lipinski definition) is 6. The highest BCUT2D eigenvalue weighted by molar-refractivity contribution is 8.00. The summed E-state index contributed by atoms with van der Waals surface area (Å²) in [6.45, 7) is 17.6. The molecule has 4 nitrogen and oxygen atoms in total. The zero-order valence-corrected chi connectivity index (χ0v) is 49.2. The molecule has 0 fully saturated rings. The van der Waals surface area contributed by atoms with Gasteiger partial charge in [-0.2, -0.15) is 0 Å². The maximum atomic E-state index is 2.66. The van der Waals surface area contributed by atoms with Gasteiger partial charge in [-0.3, -0.25) is 0 Å². The van der Waals surface area contributed by atoms with Gasteiger partial charge in [0.05, 0.1) is 0 Å². The maximum absolute atomic E-state index is 2.66. The van der Waals surface area contributed by atoms with Crippen LogP contribution in [-0.4, -0.2) is 13.4 Å². The third-order valence-corrected chi connectivity index (χ3v) is 19.6. The third-order valence-electron chi connectivity index (χ3n) is 17.3. The Morgan fingerprint density at radius 3 is 1.21 bits per heavy atom. The number of para-hydroxylation sites is 1. The molecule has 0 atom stereocenters. The molecule has 11 aromatic rings. The van der Waals surface area contributed by atoms with E-state index in [0.29, 0.717) is 0 Å².